The van der Waals surface area contributed by atoms with Crippen LogP contribution in [0.25, 0.3) is 5.57 Å². The zero-order valence-corrected chi connectivity index (χ0v) is 26.5. The second-order valence-corrected chi connectivity index (χ2v) is 19.0. The predicted octanol–water partition coefficient (Wildman–Crippen LogP) is 9.30. The number of rotatable bonds is 6. The molecule has 2 aliphatic carbocycles. The number of alkyl halides is 3. The highest BCUT2D eigenvalue weighted by molar-refractivity contribution is 6.74. The Morgan fingerprint density at radius 3 is 2.30 bits per heavy atom. The zero-order chi connectivity index (χ0) is 29.8. The molecular weight excluding hydrogens is 529 g/mol. The molecule has 8 heteroatoms. The third-order valence-corrected chi connectivity index (χ3v) is 13.4. The van der Waals surface area contributed by atoms with Gasteiger partial charge in [0, 0.05) is 23.0 Å². The fraction of sp³-hybridized carbons (Fsp3) is 0.625. The molecule has 2 unspecified atom stereocenters. The highest BCUT2D eigenvalue weighted by Gasteiger charge is 2.45. The maximum Gasteiger partial charge on any atom is 0.417 e. The molecule has 2 heterocycles. The zero-order valence-electron chi connectivity index (χ0n) is 25.5. The molecule has 0 aliphatic heterocycles. The van der Waals surface area contributed by atoms with E-state index < -0.39 is 26.2 Å². The van der Waals surface area contributed by atoms with Crippen molar-refractivity contribution in [1.82, 2.24) is 9.97 Å². The lowest BCUT2D eigenvalue weighted by atomic mass is 9.71. The number of hydrogen-bond donors (Lipinski definition) is 1. The van der Waals surface area contributed by atoms with Crippen molar-refractivity contribution in [3.8, 4) is 0 Å². The van der Waals surface area contributed by atoms with Gasteiger partial charge in [0.1, 0.15) is 6.10 Å². The lowest BCUT2D eigenvalue weighted by Gasteiger charge is -2.45. The minimum atomic E-state index is -4.49. The largest absolute Gasteiger partial charge is 0.417 e. The summed E-state index contributed by atoms with van der Waals surface area (Å²) in [6.07, 6.45) is 1.66. The van der Waals surface area contributed by atoms with E-state index in [1.54, 1.807) is 0 Å². The minimum absolute atomic E-state index is 0.00468. The minimum Gasteiger partial charge on any atom is -0.410 e. The van der Waals surface area contributed by atoms with Gasteiger partial charge in [-0.3, -0.25) is 9.97 Å². The number of aliphatic hydroxyl groups is 1. The number of fused-ring (bicyclic) bond motifs is 1. The SMILES string of the molecule is CC(C)c1nc2c(c(C3=CCCC3)c1C(O)c1ccc(C(F)(F)F)cn1)C(O[Si](C)(C)C(C)(C)C)CC(C)(C)C2. The van der Waals surface area contributed by atoms with Crippen molar-refractivity contribution in [3.05, 3.63) is 63.7 Å². The summed E-state index contributed by atoms with van der Waals surface area (Å²) in [5, 5.41) is 11.9. The fourth-order valence-electron chi connectivity index (χ4n) is 5.77. The molecule has 2 atom stereocenters. The van der Waals surface area contributed by atoms with E-state index >= 15 is 0 Å². The summed E-state index contributed by atoms with van der Waals surface area (Å²) in [6.45, 7) is 19.9. The lowest BCUT2D eigenvalue weighted by Crippen LogP contribution is -2.44. The molecule has 2 aliphatic rings. The summed E-state index contributed by atoms with van der Waals surface area (Å²) in [5.41, 5.74) is 5.01. The molecule has 0 aromatic carbocycles. The number of hydrogen-bond acceptors (Lipinski definition) is 4. The highest BCUT2D eigenvalue weighted by atomic mass is 28.4. The molecule has 0 radical (unpaired) electrons. The number of halogens is 3. The van der Waals surface area contributed by atoms with Crippen molar-refractivity contribution in [2.45, 2.75) is 123 Å². The standard InChI is InChI=1S/C32H45F3N2O2Si/c1-19(2)28-27(29(38)22-15-14-21(18-36-22)32(33,34)35)25(20-12-10-11-13-20)26-23(37-28)16-31(6,7)17-24(26)39-40(8,9)30(3,4)5/h12,14-15,18-19,24,29,38H,10-11,13,16-17H2,1-9H3. The van der Waals surface area contributed by atoms with Crippen LogP contribution in [0.5, 0.6) is 0 Å². The first kappa shape index (κ1) is 30.9. The molecule has 0 saturated carbocycles. The van der Waals surface area contributed by atoms with Crippen LogP contribution in [0.1, 0.15) is 132 Å². The highest BCUT2D eigenvalue weighted by Crippen LogP contribution is 2.52. The Bertz CT molecular complexity index is 1280. The summed E-state index contributed by atoms with van der Waals surface area (Å²) in [5.74, 6) is -0.00468. The Labute approximate surface area is 238 Å². The van der Waals surface area contributed by atoms with Crippen molar-refractivity contribution < 1.29 is 22.7 Å². The van der Waals surface area contributed by atoms with Crippen LogP contribution in [0.2, 0.25) is 18.1 Å². The number of aliphatic hydroxyl groups excluding tert-OH is 1. The van der Waals surface area contributed by atoms with Gasteiger partial charge in [0.05, 0.1) is 23.1 Å². The van der Waals surface area contributed by atoms with Gasteiger partial charge in [0.2, 0.25) is 0 Å². The van der Waals surface area contributed by atoms with Crippen LogP contribution in [0.4, 0.5) is 13.2 Å². The lowest BCUT2D eigenvalue weighted by molar-refractivity contribution is -0.137. The van der Waals surface area contributed by atoms with Crippen LogP contribution in [0, 0.1) is 5.41 Å². The van der Waals surface area contributed by atoms with Gasteiger partial charge in [-0.15, -0.1) is 0 Å². The molecule has 4 rings (SSSR count). The van der Waals surface area contributed by atoms with E-state index in [9.17, 15) is 18.3 Å². The topological polar surface area (TPSA) is 55.2 Å². The number of pyridine rings is 2. The van der Waals surface area contributed by atoms with E-state index in [2.05, 4.69) is 72.6 Å². The maximum atomic E-state index is 13.3. The quantitative estimate of drug-likeness (QED) is 0.349. The average molecular weight is 575 g/mol. The molecule has 1 N–H and O–H groups in total. The van der Waals surface area contributed by atoms with E-state index in [1.165, 1.54) is 11.6 Å². The Hall–Kier alpha value is -2.03. The molecule has 0 spiro atoms. The third kappa shape index (κ3) is 6.09. The van der Waals surface area contributed by atoms with Gasteiger partial charge >= 0.3 is 6.18 Å². The summed E-state index contributed by atoms with van der Waals surface area (Å²) in [4.78, 5) is 9.32. The first-order valence-electron chi connectivity index (χ1n) is 14.5. The van der Waals surface area contributed by atoms with Crippen LogP contribution in [0.3, 0.4) is 0 Å². The van der Waals surface area contributed by atoms with Gasteiger partial charge in [-0.05, 0) is 84.8 Å². The maximum absolute atomic E-state index is 13.3. The summed E-state index contributed by atoms with van der Waals surface area (Å²) in [6, 6.07) is 2.28. The number of nitrogens with zero attached hydrogens (tertiary/aromatic N) is 2. The van der Waals surface area contributed by atoms with Gasteiger partial charge in [-0.25, -0.2) is 0 Å². The van der Waals surface area contributed by atoms with Crippen LogP contribution in [0.15, 0.2) is 24.4 Å². The summed E-state index contributed by atoms with van der Waals surface area (Å²) in [7, 11) is -2.18. The molecule has 2 aromatic heterocycles. The van der Waals surface area contributed by atoms with Gasteiger partial charge in [0.25, 0.3) is 0 Å². The number of aromatic nitrogens is 2. The smallest absolute Gasteiger partial charge is 0.410 e. The van der Waals surface area contributed by atoms with E-state index in [0.717, 1.165) is 66.9 Å². The molecule has 2 aromatic rings. The van der Waals surface area contributed by atoms with Crippen LogP contribution in [-0.4, -0.2) is 23.4 Å². The molecule has 4 nitrogen and oxygen atoms in total. The Morgan fingerprint density at radius 1 is 1.12 bits per heavy atom. The van der Waals surface area contributed by atoms with Crippen LogP contribution < -0.4 is 0 Å². The predicted molar refractivity (Wildman–Crippen MR) is 157 cm³/mol. The van der Waals surface area contributed by atoms with E-state index in [-0.39, 0.29) is 28.2 Å². The van der Waals surface area contributed by atoms with Crippen LogP contribution in [-0.2, 0) is 17.0 Å². The monoisotopic (exact) mass is 574 g/mol. The third-order valence-electron chi connectivity index (χ3n) is 8.91. The first-order valence-corrected chi connectivity index (χ1v) is 17.4. The van der Waals surface area contributed by atoms with Crippen molar-refractivity contribution >= 4 is 13.9 Å². The molecule has 0 bridgehead atoms. The van der Waals surface area contributed by atoms with Gasteiger partial charge < -0.3 is 9.53 Å². The van der Waals surface area contributed by atoms with Gasteiger partial charge in [-0.2, -0.15) is 13.2 Å². The normalized spacial score (nSPS) is 20.4. The Kier molecular flexibility index (Phi) is 8.24. The van der Waals surface area contributed by atoms with E-state index in [4.69, 9.17) is 9.41 Å². The molecular formula is C32H45F3N2O2Si. The van der Waals surface area contributed by atoms with Crippen molar-refractivity contribution in [1.29, 1.82) is 0 Å². The number of allylic oxidation sites excluding steroid dienone is 2. The molecule has 40 heavy (non-hydrogen) atoms. The second kappa shape index (κ2) is 10.7. The average Bonchev–Trinajstić information content (AvgIpc) is 3.35. The summed E-state index contributed by atoms with van der Waals surface area (Å²) < 4.78 is 46.9. The molecule has 220 valence electrons. The molecule has 0 amide bonds. The van der Waals surface area contributed by atoms with Crippen molar-refractivity contribution in [2.24, 2.45) is 5.41 Å². The van der Waals surface area contributed by atoms with Crippen LogP contribution >= 0.6 is 0 Å². The van der Waals surface area contributed by atoms with Crippen molar-refractivity contribution in [3.63, 3.8) is 0 Å². The Morgan fingerprint density at radius 2 is 1.80 bits per heavy atom. The van der Waals surface area contributed by atoms with E-state index in [1.807, 2.05) is 0 Å². The van der Waals surface area contributed by atoms with E-state index in [0.29, 0.717) is 5.56 Å². The first-order chi connectivity index (χ1) is 18.3. The Balaban J connectivity index is 1.99. The second-order valence-electron chi connectivity index (χ2n) is 14.2. The molecule has 0 fully saturated rings. The fourth-order valence-corrected chi connectivity index (χ4v) is 7.04. The summed E-state index contributed by atoms with van der Waals surface area (Å²) >= 11 is 0. The molecule has 0 saturated heterocycles. The van der Waals surface area contributed by atoms with Gasteiger partial charge in [0.15, 0.2) is 8.32 Å². The van der Waals surface area contributed by atoms with Gasteiger partial charge in [-0.1, -0.05) is 54.5 Å². The van der Waals surface area contributed by atoms with Crippen molar-refractivity contribution in [2.75, 3.05) is 0 Å².